The van der Waals surface area contributed by atoms with Gasteiger partial charge in [-0.05, 0) is 38.2 Å². The monoisotopic (exact) mass is 596 g/mol. The molecule has 39 heavy (non-hydrogen) atoms. The van der Waals surface area contributed by atoms with Crippen LogP contribution in [0.15, 0.2) is 47.4 Å². The lowest BCUT2D eigenvalue weighted by Crippen LogP contribution is -2.57. The Morgan fingerprint density at radius 2 is 1.90 bits per heavy atom. The number of ether oxygens (including phenoxy) is 2. The van der Waals surface area contributed by atoms with E-state index in [0.717, 1.165) is 12.3 Å². The molecule has 1 aromatic carbocycles. The highest BCUT2D eigenvalue weighted by atomic mass is 32.1. The van der Waals surface area contributed by atoms with E-state index in [0.29, 0.717) is 4.57 Å². The van der Waals surface area contributed by atoms with Crippen molar-refractivity contribution in [3.63, 3.8) is 0 Å². The van der Waals surface area contributed by atoms with Crippen LogP contribution in [-0.2, 0) is 23.4 Å². The summed E-state index contributed by atoms with van der Waals surface area (Å²) in [6.45, 7) is 3.70. The second-order valence-electron chi connectivity index (χ2n) is 9.19. The van der Waals surface area contributed by atoms with Crippen LogP contribution in [0.1, 0.15) is 27.0 Å². The van der Waals surface area contributed by atoms with Gasteiger partial charge in [-0.2, -0.15) is 13.2 Å². The molecule has 1 aliphatic heterocycles. The van der Waals surface area contributed by atoms with Gasteiger partial charge in [0, 0.05) is 12.3 Å². The SMILES string of the molecule is CC(C)OC(=O)[C@H](C)CP(=O)(OC[C@H]1O[C@@H](n2ccc(=O)[nH]c2=S)C(O)(C(F)(F)F)[C@H]1O)Oc1ccccc1. The molecule has 0 radical (unpaired) electrons. The average molecular weight is 597 g/mol. The van der Waals surface area contributed by atoms with Gasteiger partial charge in [0.1, 0.15) is 18.0 Å². The molecule has 1 fully saturated rings. The molecule has 2 unspecified atom stereocenters. The molecular formula is C23H28F3N2O9PS. The molecule has 2 heterocycles. The van der Waals surface area contributed by atoms with E-state index < -0.39 is 78.9 Å². The lowest BCUT2D eigenvalue weighted by Gasteiger charge is -2.33. The van der Waals surface area contributed by atoms with Crippen molar-refractivity contribution in [2.75, 3.05) is 12.8 Å². The fourth-order valence-electron chi connectivity index (χ4n) is 3.80. The van der Waals surface area contributed by atoms with Crippen LogP contribution in [0.2, 0.25) is 0 Å². The maximum atomic E-state index is 14.1. The number of alkyl halides is 3. The minimum absolute atomic E-state index is 0.0855. The van der Waals surface area contributed by atoms with E-state index in [9.17, 15) is 37.5 Å². The number of benzene rings is 1. The van der Waals surface area contributed by atoms with Gasteiger partial charge in [-0.25, -0.2) is 4.57 Å². The average Bonchev–Trinajstić information content (AvgIpc) is 3.09. The van der Waals surface area contributed by atoms with Crippen molar-refractivity contribution in [2.24, 2.45) is 5.92 Å². The van der Waals surface area contributed by atoms with Crippen molar-refractivity contribution in [1.29, 1.82) is 0 Å². The van der Waals surface area contributed by atoms with E-state index in [2.05, 4.69) is 4.98 Å². The number of carbonyl (C=O) groups is 1. The van der Waals surface area contributed by atoms with E-state index in [-0.39, 0.29) is 5.75 Å². The molecule has 2 aromatic rings. The number of esters is 1. The molecule has 3 rings (SSSR count). The van der Waals surface area contributed by atoms with Gasteiger partial charge in [0.05, 0.1) is 24.8 Å². The number of aliphatic hydroxyl groups excluding tert-OH is 1. The van der Waals surface area contributed by atoms with Gasteiger partial charge < -0.3 is 24.2 Å². The molecule has 0 bridgehead atoms. The van der Waals surface area contributed by atoms with E-state index >= 15 is 0 Å². The normalized spacial score (nSPS) is 25.7. The minimum atomic E-state index is -5.43. The Labute approximate surface area is 226 Å². The van der Waals surface area contributed by atoms with Gasteiger partial charge in [-0.15, -0.1) is 0 Å². The Bertz CT molecular complexity index is 1320. The van der Waals surface area contributed by atoms with Gasteiger partial charge in [0.25, 0.3) is 5.56 Å². The summed E-state index contributed by atoms with van der Waals surface area (Å²) in [6, 6.07) is 8.55. The van der Waals surface area contributed by atoms with Crippen LogP contribution in [0.3, 0.4) is 0 Å². The number of hydrogen-bond acceptors (Lipinski definition) is 10. The van der Waals surface area contributed by atoms with Gasteiger partial charge >= 0.3 is 19.7 Å². The summed E-state index contributed by atoms with van der Waals surface area (Å²) in [5.74, 6) is -1.63. The number of aromatic amines is 1. The quantitative estimate of drug-likeness (QED) is 0.212. The molecule has 1 aliphatic rings. The van der Waals surface area contributed by atoms with Crippen LogP contribution >= 0.6 is 19.8 Å². The first-order chi connectivity index (χ1) is 18.1. The summed E-state index contributed by atoms with van der Waals surface area (Å²) in [6.07, 6.45) is -12.4. The van der Waals surface area contributed by atoms with Crippen LogP contribution in [0, 0.1) is 10.7 Å². The fraction of sp³-hybridized carbons (Fsp3) is 0.522. The number of aliphatic hydroxyl groups is 2. The number of rotatable bonds is 10. The first-order valence-corrected chi connectivity index (χ1v) is 13.8. The molecule has 6 atom stereocenters. The first-order valence-electron chi connectivity index (χ1n) is 11.7. The molecular weight excluding hydrogens is 568 g/mol. The lowest BCUT2D eigenvalue weighted by molar-refractivity contribution is -0.304. The number of nitrogens with zero attached hydrogens (tertiary/aromatic N) is 1. The van der Waals surface area contributed by atoms with Crippen molar-refractivity contribution < 1.29 is 51.3 Å². The molecule has 216 valence electrons. The van der Waals surface area contributed by atoms with Crippen LogP contribution in [0.5, 0.6) is 5.75 Å². The predicted octanol–water partition coefficient (Wildman–Crippen LogP) is 3.33. The van der Waals surface area contributed by atoms with Crippen LogP contribution < -0.4 is 10.1 Å². The van der Waals surface area contributed by atoms with Crippen molar-refractivity contribution in [2.45, 2.75) is 57.1 Å². The van der Waals surface area contributed by atoms with E-state index in [1.54, 1.807) is 32.0 Å². The molecule has 0 spiro atoms. The maximum absolute atomic E-state index is 14.1. The summed E-state index contributed by atoms with van der Waals surface area (Å²) >= 11 is 4.90. The van der Waals surface area contributed by atoms with Gasteiger partial charge in [-0.3, -0.25) is 23.7 Å². The Balaban J connectivity index is 1.90. The Morgan fingerprint density at radius 3 is 2.46 bits per heavy atom. The number of nitrogens with one attached hydrogen (secondary N) is 1. The third-order valence-corrected chi connectivity index (χ3v) is 8.06. The van der Waals surface area contributed by atoms with E-state index in [1.165, 1.54) is 19.1 Å². The molecule has 3 N–H and O–H groups in total. The number of aromatic nitrogens is 2. The standard InChI is InChI=1S/C23H28F3N2O9PS/c1-13(2)35-19(31)14(3)12-38(33,37-15-7-5-4-6-8-15)34-11-16-18(30)22(32,23(24,25)26)20(36-16)28-10-9-17(29)27-21(28)39/h4-10,13-14,16,18,20,30,32H,11-12H2,1-3H3,(H,27,29,39)/t14-,16-,18+,20-,22?,38?/m1/s1. The summed E-state index contributed by atoms with van der Waals surface area (Å²) in [4.78, 5) is 25.9. The first kappa shape index (κ1) is 31.0. The number of halogens is 3. The number of hydrogen-bond donors (Lipinski definition) is 3. The van der Waals surface area contributed by atoms with Crippen molar-refractivity contribution in [3.05, 3.63) is 57.7 Å². The zero-order valence-corrected chi connectivity index (χ0v) is 22.7. The molecule has 1 saturated heterocycles. The van der Waals surface area contributed by atoms with Gasteiger partial charge in [0.2, 0.25) is 5.60 Å². The molecule has 0 aliphatic carbocycles. The van der Waals surface area contributed by atoms with E-state index in [4.69, 9.17) is 30.7 Å². The Kier molecular flexibility index (Phi) is 9.46. The number of H-pyrrole nitrogens is 1. The molecule has 0 amide bonds. The largest absolute Gasteiger partial charge is 0.463 e. The molecule has 16 heteroatoms. The van der Waals surface area contributed by atoms with Gasteiger partial charge in [-0.1, -0.05) is 25.1 Å². The third-order valence-electron chi connectivity index (χ3n) is 5.72. The topological polar surface area (TPSA) is 149 Å². The fourth-order valence-corrected chi connectivity index (χ4v) is 5.93. The highest BCUT2D eigenvalue weighted by Gasteiger charge is 2.71. The van der Waals surface area contributed by atoms with Crippen LogP contribution in [-0.4, -0.2) is 68.6 Å². The van der Waals surface area contributed by atoms with Crippen LogP contribution in [0.25, 0.3) is 0 Å². The van der Waals surface area contributed by atoms with Crippen molar-refractivity contribution in [3.8, 4) is 5.75 Å². The summed E-state index contributed by atoms with van der Waals surface area (Å²) < 4.78 is 77.4. The second kappa shape index (κ2) is 11.9. The molecule has 1 aromatic heterocycles. The number of para-hydroxylation sites is 1. The van der Waals surface area contributed by atoms with E-state index in [1.807, 2.05) is 0 Å². The predicted molar refractivity (Wildman–Crippen MR) is 133 cm³/mol. The zero-order chi connectivity index (χ0) is 29.2. The van der Waals surface area contributed by atoms with Crippen LogP contribution in [0.4, 0.5) is 13.2 Å². The second-order valence-corrected chi connectivity index (χ2v) is 11.6. The third kappa shape index (κ3) is 6.97. The number of carbonyl (C=O) groups excluding carboxylic acids is 1. The zero-order valence-electron chi connectivity index (χ0n) is 21.0. The summed E-state index contributed by atoms with van der Waals surface area (Å²) in [5, 5.41) is 21.2. The van der Waals surface area contributed by atoms with Crippen molar-refractivity contribution in [1.82, 2.24) is 9.55 Å². The highest BCUT2D eigenvalue weighted by Crippen LogP contribution is 2.53. The molecule has 11 nitrogen and oxygen atoms in total. The highest BCUT2D eigenvalue weighted by molar-refractivity contribution is 7.71. The van der Waals surface area contributed by atoms with Gasteiger partial charge in [0.15, 0.2) is 11.0 Å². The smallest absolute Gasteiger partial charge is 0.424 e. The Morgan fingerprint density at radius 1 is 1.26 bits per heavy atom. The maximum Gasteiger partial charge on any atom is 0.424 e. The van der Waals surface area contributed by atoms with Crippen molar-refractivity contribution >= 4 is 25.8 Å². The Hall–Kier alpha value is -2.55. The lowest BCUT2D eigenvalue weighted by atomic mass is 9.93. The minimum Gasteiger partial charge on any atom is -0.463 e. The molecule has 0 saturated carbocycles. The summed E-state index contributed by atoms with van der Waals surface area (Å²) in [7, 11) is -4.29. The summed E-state index contributed by atoms with van der Waals surface area (Å²) in [5.41, 5.74) is -4.61.